The van der Waals surface area contributed by atoms with Crippen molar-refractivity contribution in [2.75, 3.05) is 26.2 Å². The van der Waals surface area contributed by atoms with Gasteiger partial charge in [0.2, 0.25) is 0 Å². The molecule has 3 aliphatic rings. The van der Waals surface area contributed by atoms with Gasteiger partial charge < -0.3 is 9.59 Å². The molecule has 3 saturated heterocycles. The highest BCUT2D eigenvalue weighted by Gasteiger charge is 2.54. The molecule has 0 aromatic heterocycles. The zero-order valence-corrected chi connectivity index (χ0v) is 14.6. The van der Waals surface area contributed by atoms with Gasteiger partial charge in [-0.2, -0.15) is 0 Å². The summed E-state index contributed by atoms with van der Waals surface area (Å²) in [5.74, 6) is 0.923. The molecule has 1 N–H and O–H groups in total. The SMILES string of the molecule is CC[N+]12CCC(CC1)[C@@H](C(O)(c1ccccc1)c1ccccc1)C2. The lowest BCUT2D eigenvalue weighted by Gasteiger charge is -2.56. The van der Waals surface area contributed by atoms with Gasteiger partial charge in [0.05, 0.1) is 26.2 Å². The maximum atomic E-state index is 12.1. The average Bonchev–Trinajstić information content (AvgIpc) is 2.69. The lowest BCUT2D eigenvalue weighted by Crippen LogP contribution is -2.65. The molecule has 5 rings (SSSR count). The van der Waals surface area contributed by atoms with E-state index in [0.29, 0.717) is 11.8 Å². The summed E-state index contributed by atoms with van der Waals surface area (Å²) < 4.78 is 1.18. The molecule has 0 radical (unpaired) electrons. The lowest BCUT2D eigenvalue weighted by atomic mass is 9.64. The predicted molar refractivity (Wildman–Crippen MR) is 97.5 cm³/mol. The van der Waals surface area contributed by atoms with E-state index in [1.165, 1.54) is 37.0 Å². The number of quaternary nitrogens is 1. The number of nitrogens with zero attached hydrogens (tertiary/aromatic N) is 1. The molecule has 0 aliphatic carbocycles. The normalized spacial score (nSPS) is 29.6. The third-order valence-corrected chi connectivity index (χ3v) is 6.74. The van der Waals surface area contributed by atoms with E-state index in [0.717, 1.165) is 17.7 Å². The van der Waals surface area contributed by atoms with Crippen LogP contribution in [0.5, 0.6) is 0 Å². The van der Waals surface area contributed by atoms with E-state index in [4.69, 9.17) is 0 Å². The number of piperidine rings is 3. The van der Waals surface area contributed by atoms with E-state index in [2.05, 4.69) is 55.5 Å². The van der Waals surface area contributed by atoms with Gasteiger partial charge in [-0.05, 0) is 24.0 Å². The van der Waals surface area contributed by atoms with Crippen molar-refractivity contribution in [3.05, 3.63) is 71.8 Å². The molecule has 24 heavy (non-hydrogen) atoms. The summed E-state index contributed by atoms with van der Waals surface area (Å²) in [7, 11) is 0. The summed E-state index contributed by atoms with van der Waals surface area (Å²) in [5, 5.41) is 12.1. The molecule has 3 heterocycles. The molecule has 0 saturated carbocycles. The molecule has 0 spiro atoms. The van der Waals surface area contributed by atoms with E-state index in [1.807, 2.05) is 12.1 Å². The minimum absolute atomic E-state index is 0.296. The van der Waals surface area contributed by atoms with Crippen molar-refractivity contribution >= 4 is 0 Å². The molecule has 3 aliphatic heterocycles. The largest absolute Gasteiger partial charge is 0.380 e. The van der Waals surface area contributed by atoms with Crippen LogP contribution in [0, 0.1) is 11.8 Å². The van der Waals surface area contributed by atoms with Crippen molar-refractivity contribution in [2.24, 2.45) is 11.8 Å². The Morgan fingerprint density at radius 3 is 1.88 bits per heavy atom. The standard InChI is InChI=1S/C22H28NO/c1-2-23-15-13-18(14-16-23)21(17-23)22(24,19-9-5-3-6-10-19)20-11-7-4-8-12-20/h3-12,18,21,24H,2,13-17H2,1H3/q+1/t18?,21-,23?/m0/s1. The molecule has 2 bridgehead atoms. The number of aliphatic hydroxyl groups is 1. The van der Waals surface area contributed by atoms with Crippen LogP contribution in [0.3, 0.4) is 0 Å². The van der Waals surface area contributed by atoms with Crippen LogP contribution in [0.2, 0.25) is 0 Å². The van der Waals surface area contributed by atoms with E-state index < -0.39 is 5.60 Å². The zero-order valence-electron chi connectivity index (χ0n) is 14.6. The second-order valence-electron chi connectivity index (χ2n) is 7.73. The second-order valence-corrected chi connectivity index (χ2v) is 7.73. The quantitative estimate of drug-likeness (QED) is 0.849. The molecular weight excluding hydrogens is 294 g/mol. The fraction of sp³-hybridized carbons (Fsp3) is 0.455. The smallest absolute Gasteiger partial charge is 0.123 e. The number of hydrogen-bond donors (Lipinski definition) is 1. The Morgan fingerprint density at radius 2 is 1.42 bits per heavy atom. The Bertz CT molecular complexity index is 634. The van der Waals surface area contributed by atoms with Crippen molar-refractivity contribution in [3.63, 3.8) is 0 Å². The molecule has 0 amide bonds. The number of fused-ring (bicyclic) bond motifs is 3. The molecule has 1 atom stereocenters. The van der Waals surface area contributed by atoms with Gasteiger partial charge in [0, 0.05) is 18.8 Å². The van der Waals surface area contributed by atoms with Gasteiger partial charge in [0.25, 0.3) is 0 Å². The van der Waals surface area contributed by atoms with Gasteiger partial charge in [0.1, 0.15) is 5.60 Å². The van der Waals surface area contributed by atoms with E-state index in [1.54, 1.807) is 0 Å². The van der Waals surface area contributed by atoms with Crippen molar-refractivity contribution < 1.29 is 9.59 Å². The summed E-state index contributed by atoms with van der Waals surface area (Å²) in [4.78, 5) is 0. The van der Waals surface area contributed by atoms with Crippen LogP contribution in [-0.2, 0) is 5.60 Å². The van der Waals surface area contributed by atoms with Gasteiger partial charge in [0.15, 0.2) is 0 Å². The first-order valence-electron chi connectivity index (χ1n) is 9.36. The zero-order chi connectivity index (χ0) is 16.6. The summed E-state index contributed by atoms with van der Waals surface area (Å²) in [6, 6.07) is 20.7. The summed E-state index contributed by atoms with van der Waals surface area (Å²) >= 11 is 0. The molecular formula is C22H28NO+. The maximum absolute atomic E-state index is 12.1. The fourth-order valence-corrected chi connectivity index (χ4v) is 5.18. The van der Waals surface area contributed by atoms with Crippen LogP contribution in [0.4, 0.5) is 0 Å². The molecule has 0 unspecified atom stereocenters. The first-order valence-corrected chi connectivity index (χ1v) is 9.36. The van der Waals surface area contributed by atoms with Crippen molar-refractivity contribution in [1.29, 1.82) is 0 Å². The average molecular weight is 322 g/mol. The van der Waals surface area contributed by atoms with E-state index in [-0.39, 0.29) is 0 Å². The number of rotatable bonds is 4. The minimum atomic E-state index is -0.882. The van der Waals surface area contributed by atoms with Crippen LogP contribution >= 0.6 is 0 Å². The summed E-state index contributed by atoms with van der Waals surface area (Å²) in [5.41, 5.74) is 1.21. The number of hydrogen-bond acceptors (Lipinski definition) is 1. The van der Waals surface area contributed by atoms with Gasteiger partial charge in [-0.15, -0.1) is 0 Å². The summed E-state index contributed by atoms with van der Waals surface area (Å²) in [6.45, 7) is 7.17. The molecule has 126 valence electrons. The van der Waals surface area contributed by atoms with Crippen LogP contribution in [-0.4, -0.2) is 35.8 Å². The predicted octanol–water partition coefficient (Wildman–Crippen LogP) is 3.80. The Labute approximate surface area is 145 Å². The second kappa shape index (κ2) is 6.02. The van der Waals surface area contributed by atoms with Gasteiger partial charge in [-0.25, -0.2) is 0 Å². The Balaban J connectivity index is 1.82. The number of benzene rings is 2. The Kier molecular flexibility index (Phi) is 3.98. The third-order valence-electron chi connectivity index (χ3n) is 6.74. The van der Waals surface area contributed by atoms with Crippen LogP contribution in [0.1, 0.15) is 30.9 Å². The van der Waals surface area contributed by atoms with Gasteiger partial charge >= 0.3 is 0 Å². The minimum Gasteiger partial charge on any atom is -0.380 e. The monoisotopic (exact) mass is 322 g/mol. The highest BCUT2D eigenvalue weighted by molar-refractivity contribution is 5.37. The first-order chi connectivity index (χ1) is 11.7. The highest BCUT2D eigenvalue weighted by Crippen LogP contribution is 2.49. The third kappa shape index (κ3) is 2.40. The van der Waals surface area contributed by atoms with Crippen LogP contribution in [0.15, 0.2) is 60.7 Å². The lowest BCUT2D eigenvalue weighted by molar-refractivity contribution is -0.946. The fourth-order valence-electron chi connectivity index (χ4n) is 5.18. The molecule has 2 heteroatoms. The molecule has 2 nitrogen and oxygen atoms in total. The van der Waals surface area contributed by atoms with Crippen molar-refractivity contribution in [3.8, 4) is 0 Å². The highest BCUT2D eigenvalue weighted by atomic mass is 16.3. The van der Waals surface area contributed by atoms with Crippen LogP contribution in [0.25, 0.3) is 0 Å². The Hall–Kier alpha value is -1.64. The van der Waals surface area contributed by atoms with E-state index >= 15 is 0 Å². The first kappa shape index (κ1) is 15.9. The maximum Gasteiger partial charge on any atom is 0.123 e. The van der Waals surface area contributed by atoms with Crippen molar-refractivity contribution in [2.45, 2.75) is 25.4 Å². The van der Waals surface area contributed by atoms with Crippen LogP contribution < -0.4 is 0 Å². The Morgan fingerprint density at radius 1 is 0.917 bits per heavy atom. The summed E-state index contributed by atoms with van der Waals surface area (Å²) in [6.07, 6.45) is 2.50. The topological polar surface area (TPSA) is 20.2 Å². The van der Waals surface area contributed by atoms with Gasteiger partial charge in [-0.1, -0.05) is 60.7 Å². The molecule has 2 aromatic rings. The van der Waals surface area contributed by atoms with E-state index in [9.17, 15) is 5.11 Å². The molecule has 3 fully saturated rings. The van der Waals surface area contributed by atoms with Crippen molar-refractivity contribution in [1.82, 2.24) is 0 Å². The molecule has 2 aromatic carbocycles. The van der Waals surface area contributed by atoms with Gasteiger partial charge in [-0.3, -0.25) is 0 Å².